The Morgan fingerprint density at radius 1 is 1.71 bits per heavy atom. The van der Waals surface area contributed by atoms with Crippen molar-refractivity contribution in [2.45, 2.75) is 25.8 Å². The van der Waals surface area contributed by atoms with Gasteiger partial charge in [0.05, 0.1) is 4.88 Å². The predicted octanol–water partition coefficient (Wildman–Crippen LogP) is 2.71. The molecule has 1 aromatic heterocycles. The molecule has 1 amide bonds. The van der Waals surface area contributed by atoms with Crippen LogP contribution in [-0.2, 0) is 0 Å². The van der Waals surface area contributed by atoms with Gasteiger partial charge in [-0.1, -0.05) is 6.92 Å². The topological polar surface area (TPSA) is 46.3 Å². The molecule has 0 saturated carbocycles. The molecule has 0 spiro atoms. The van der Waals surface area contributed by atoms with Crippen LogP contribution in [0.4, 0.5) is 0 Å². The van der Waals surface area contributed by atoms with Crippen molar-refractivity contribution in [3.8, 4) is 0 Å². The summed E-state index contributed by atoms with van der Waals surface area (Å²) in [5, 5.41) is 1.94. The first-order valence-electron chi connectivity index (χ1n) is 5.88. The molecule has 1 aromatic rings. The molecule has 1 fully saturated rings. The van der Waals surface area contributed by atoms with E-state index in [-0.39, 0.29) is 11.9 Å². The Balaban J connectivity index is 2.17. The van der Waals surface area contributed by atoms with Crippen LogP contribution < -0.4 is 5.73 Å². The second-order valence-electron chi connectivity index (χ2n) is 4.55. The number of carbonyl (C=O) groups is 1. The van der Waals surface area contributed by atoms with E-state index >= 15 is 0 Å². The molecule has 2 N–H and O–H groups in total. The van der Waals surface area contributed by atoms with E-state index in [1.54, 1.807) is 0 Å². The van der Waals surface area contributed by atoms with E-state index in [2.05, 4.69) is 22.9 Å². The van der Waals surface area contributed by atoms with Crippen molar-refractivity contribution in [2.75, 3.05) is 13.1 Å². The molecule has 5 heteroatoms. The molecule has 2 rings (SSSR count). The number of nitrogens with two attached hydrogens (primary N) is 1. The van der Waals surface area contributed by atoms with E-state index in [4.69, 9.17) is 5.73 Å². The maximum Gasteiger partial charge on any atom is 0.264 e. The largest absolute Gasteiger partial charge is 0.333 e. The summed E-state index contributed by atoms with van der Waals surface area (Å²) >= 11 is 4.87. The van der Waals surface area contributed by atoms with Crippen LogP contribution in [0.1, 0.15) is 29.4 Å². The van der Waals surface area contributed by atoms with Crippen LogP contribution in [0.15, 0.2) is 15.9 Å². The minimum atomic E-state index is 0.128. The van der Waals surface area contributed by atoms with Crippen molar-refractivity contribution in [1.29, 1.82) is 0 Å². The highest BCUT2D eigenvalue weighted by molar-refractivity contribution is 9.10. The monoisotopic (exact) mass is 316 g/mol. The summed E-state index contributed by atoms with van der Waals surface area (Å²) < 4.78 is 0.972. The summed E-state index contributed by atoms with van der Waals surface area (Å²) in [6.45, 7) is 3.57. The van der Waals surface area contributed by atoms with E-state index in [1.165, 1.54) is 17.8 Å². The summed E-state index contributed by atoms with van der Waals surface area (Å²) in [5.41, 5.74) is 5.81. The van der Waals surface area contributed by atoms with Crippen LogP contribution in [0.3, 0.4) is 0 Å². The van der Waals surface area contributed by atoms with Crippen molar-refractivity contribution in [1.82, 2.24) is 4.90 Å². The fourth-order valence-electron chi connectivity index (χ4n) is 2.43. The summed E-state index contributed by atoms with van der Waals surface area (Å²) in [7, 11) is 0. The molecule has 3 nitrogen and oxygen atoms in total. The van der Waals surface area contributed by atoms with Crippen LogP contribution in [0.5, 0.6) is 0 Å². The molecule has 1 aliphatic rings. The van der Waals surface area contributed by atoms with Crippen LogP contribution in [-0.4, -0.2) is 29.9 Å². The minimum Gasteiger partial charge on any atom is -0.333 e. The number of rotatable bonds is 2. The Morgan fingerprint density at radius 2 is 2.47 bits per heavy atom. The van der Waals surface area contributed by atoms with Gasteiger partial charge in [-0.25, -0.2) is 0 Å². The number of likely N-dealkylation sites (tertiary alicyclic amines) is 1. The highest BCUT2D eigenvalue weighted by atomic mass is 79.9. The quantitative estimate of drug-likeness (QED) is 0.911. The number of halogens is 1. The Bertz CT molecular complexity index is 407. The van der Waals surface area contributed by atoms with Gasteiger partial charge in [-0.15, -0.1) is 11.3 Å². The predicted molar refractivity (Wildman–Crippen MR) is 74.3 cm³/mol. The third-order valence-electron chi connectivity index (χ3n) is 3.40. The lowest BCUT2D eigenvalue weighted by atomic mass is 9.90. The molecular weight excluding hydrogens is 300 g/mol. The molecule has 1 aliphatic heterocycles. The van der Waals surface area contributed by atoms with E-state index in [1.807, 2.05) is 16.3 Å². The van der Waals surface area contributed by atoms with E-state index in [0.29, 0.717) is 12.5 Å². The van der Waals surface area contributed by atoms with Gasteiger partial charge in [0.1, 0.15) is 0 Å². The van der Waals surface area contributed by atoms with Crippen molar-refractivity contribution < 1.29 is 4.79 Å². The second kappa shape index (κ2) is 5.50. The molecule has 17 heavy (non-hydrogen) atoms. The fraction of sp³-hybridized carbons (Fsp3) is 0.583. The standard InChI is InChI=1S/C12H17BrN2OS/c1-8-3-2-4-15(10(8)6-14)12(16)11-5-9(13)7-17-11/h5,7-8,10H,2-4,6,14H2,1H3/t8-,10-/m1/s1. The van der Waals surface area contributed by atoms with Crippen LogP contribution in [0.2, 0.25) is 0 Å². The summed E-state index contributed by atoms with van der Waals surface area (Å²) in [6, 6.07) is 2.08. The molecule has 0 aliphatic carbocycles. The molecule has 94 valence electrons. The smallest absolute Gasteiger partial charge is 0.264 e. The van der Waals surface area contributed by atoms with Gasteiger partial charge in [0.25, 0.3) is 5.91 Å². The van der Waals surface area contributed by atoms with Crippen LogP contribution in [0, 0.1) is 5.92 Å². The van der Waals surface area contributed by atoms with Gasteiger partial charge in [0.15, 0.2) is 0 Å². The number of thiophene rings is 1. The van der Waals surface area contributed by atoms with Crippen molar-refractivity contribution >= 4 is 33.2 Å². The number of carbonyl (C=O) groups excluding carboxylic acids is 1. The van der Waals surface area contributed by atoms with Gasteiger partial charge in [-0.05, 0) is 40.8 Å². The first-order chi connectivity index (χ1) is 8.13. The minimum absolute atomic E-state index is 0.128. The average molecular weight is 317 g/mol. The summed E-state index contributed by atoms with van der Waals surface area (Å²) in [5.74, 6) is 0.629. The molecule has 0 aromatic carbocycles. The molecule has 0 bridgehead atoms. The zero-order valence-electron chi connectivity index (χ0n) is 9.86. The van der Waals surface area contributed by atoms with Crippen molar-refractivity contribution in [3.63, 3.8) is 0 Å². The number of piperidine rings is 1. The number of hydrogen-bond acceptors (Lipinski definition) is 3. The molecule has 2 atom stereocenters. The molecule has 1 saturated heterocycles. The Labute approximate surface area is 114 Å². The van der Waals surface area contributed by atoms with Crippen LogP contribution in [0.25, 0.3) is 0 Å². The highest BCUT2D eigenvalue weighted by Gasteiger charge is 2.31. The third kappa shape index (κ3) is 2.72. The summed E-state index contributed by atoms with van der Waals surface area (Å²) in [4.78, 5) is 15.1. The maximum atomic E-state index is 12.4. The molecular formula is C12H17BrN2OS. The SMILES string of the molecule is C[C@@H]1CCCN(C(=O)c2cc(Br)cs2)[C@@H]1CN. The van der Waals surface area contributed by atoms with Gasteiger partial charge in [-0.3, -0.25) is 4.79 Å². The molecule has 0 radical (unpaired) electrons. The average Bonchev–Trinajstić information content (AvgIpc) is 2.74. The Morgan fingerprint density at radius 3 is 3.06 bits per heavy atom. The number of hydrogen-bond donors (Lipinski definition) is 1. The zero-order chi connectivity index (χ0) is 12.4. The number of nitrogens with zero attached hydrogens (tertiary/aromatic N) is 1. The zero-order valence-corrected chi connectivity index (χ0v) is 12.3. The maximum absolute atomic E-state index is 12.4. The summed E-state index contributed by atoms with van der Waals surface area (Å²) in [6.07, 6.45) is 2.25. The lowest BCUT2D eigenvalue weighted by Gasteiger charge is -2.39. The van der Waals surface area contributed by atoms with Gasteiger partial charge in [0.2, 0.25) is 0 Å². The van der Waals surface area contributed by atoms with Gasteiger partial charge in [0, 0.05) is 29.0 Å². The highest BCUT2D eigenvalue weighted by Crippen LogP contribution is 2.27. The number of amides is 1. The van der Waals surface area contributed by atoms with Crippen LogP contribution >= 0.6 is 27.3 Å². The van der Waals surface area contributed by atoms with E-state index < -0.39 is 0 Å². The first kappa shape index (κ1) is 13.1. The van der Waals surface area contributed by atoms with E-state index in [0.717, 1.165) is 22.3 Å². The fourth-order valence-corrected chi connectivity index (χ4v) is 3.81. The normalized spacial score (nSPS) is 25.0. The molecule has 0 unspecified atom stereocenters. The van der Waals surface area contributed by atoms with Gasteiger partial charge in [-0.2, -0.15) is 0 Å². The Hall–Kier alpha value is -0.390. The second-order valence-corrected chi connectivity index (χ2v) is 6.38. The van der Waals surface area contributed by atoms with E-state index in [9.17, 15) is 4.79 Å². The third-order valence-corrected chi connectivity index (χ3v) is 5.08. The first-order valence-corrected chi connectivity index (χ1v) is 7.56. The molecule has 2 heterocycles. The Kier molecular flexibility index (Phi) is 4.22. The lowest BCUT2D eigenvalue weighted by Crippen LogP contribution is -2.51. The van der Waals surface area contributed by atoms with Gasteiger partial charge >= 0.3 is 0 Å². The van der Waals surface area contributed by atoms with Crippen molar-refractivity contribution in [3.05, 3.63) is 20.8 Å². The lowest BCUT2D eigenvalue weighted by molar-refractivity contribution is 0.0537. The van der Waals surface area contributed by atoms with Gasteiger partial charge < -0.3 is 10.6 Å². The van der Waals surface area contributed by atoms with Crippen molar-refractivity contribution in [2.24, 2.45) is 11.7 Å².